The summed E-state index contributed by atoms with van der Waals surface area (Å²) in [6, 6.07) is 10.7. The van der Waals surface area contributed by atoms with Gasteiger partial charge in [-0.1, -0.05) is 40.2 Å². The van der Waals surface area contributed by atoms with Crippen LogP contribution in [0.1, 0.15) is 29.6 Å². The van der Waals surface area contributed by atoms with E-state index in [4.69, 9.17) is 0 Å². The van der Waals surface area contributed by atoms with Crippen LogP contribution >= 0.6 is 15.9 Å². The van der Waals surface area contributed by atoms with Gasteiger partial charge in [0.25, 0.3) is 5.91 Å². The minimum Gasteiger partial charge on any atom is -0.480 e. The lowest BCUT2D eigenvalue weighted by Crippen LogP contribution is -2.48. The van der Waals surface area contributed by atoms with Gasteiger partial charge in [-0.3, -0.25) is 4.79 Å². The van der Waals surface area contributed by atoms with Gasteiger partial charge in [0.1, 0.15) is 6.04 Å². The quantitative estimate of drug-likeness (QED) is 0.887. The molecule has 22 heavy (non-hydrogen) atoms. The molecule has 114 valence electrons. The summed E-state index contributed by atoms with van der Waals surface area (Å²) in [5.41, 5.74) is 0.554. The van der Waals surface area contributed by atoms with E-state index in [1.807, 2.05) is 30.3 Å². The lowest BCUT2D eigenvalue weighted by Gasteiger charge is -2.33. The average molecular weight is 362 g/mol. The van der Waals surface area contributed by atoms with Crippen LogP contribution in [0.3, 0.4) is 0 Å². The number of carbonyl (C=O) groups is 2. The molecule has 0 saturated carbocycles. The molecule has 1 atom stereocenters. The Morgan fingerprint density at radius 2 is 1.95 bits per heavy atom. The average Bonchev–Trinajstić information content (AvgIpc) is 2.53. The number of fused-ring (bicyclic) bond motifs is 1. The molecular weight excluding hydrogens is 346 g/mol. The van der Waals surface area contributed by atoms with Crippen LogP contribution in [0.4, 0.5) is 0 Å². The van der Waals surface area contributed by atoms with Crippen LogP contribution in [0.15, 0.2) is 40.9 Å². The monoisotopic (exact) mass is 361 g/mol. The number of piperidine rings is 1. The largest absolute Gasteiger partial charge is 0.480 e. The molecule has 0 aromatic heterocycles. The molecule has 1 fully saturated rings. The standard InChI is InChI=1S/C17H16BrNO3/c18-12-9-11-5-1-2-6-13(11)14(10-12)16(20)19-8-4-3-7-15(19)17(21)22/h1-2,5-6,9-10,15H,3-4,7-8H2,(H,21,22). The van der Waals surface area contributed by atoms with Crippen molar-refractivity contribution in [3.05, 3.63) is 46.4 Å². The Morgan fingerprint density at radius 1 is 1.18 bits per heavy atom. The summed E-state index contributed by atoms with van der Waals surface area (Å²) in [7, 11) is 0. The van der Waals surface area contributed by atoms with Crippen molar-refractivity contribution in [3.8, 4) is 0 Å². The van der Waals surface area contributed by atoms with Crippen LogP contribution in [-0.2, 0) is 4.79 Å². The van der Waals surface area contributed by atoms with Gasteiger partial charge in [-0.15, -0.1) is 0 Å². The number of hydrogen-bond donors (Lipinski definition) is 1. The number of carboxylic acid groups (broad SMARTS) is 1. The zero-order valence-corrected chi connectivity index (χ0v) is 13.5. The predicted octanol–water partition coefficient (Wildman–Crippen LogP) is 3.68. The van der Waals surface area contributed by atoms with Crippen LogP contribution in [0.25, 0.3) is 10.8 Å². The number of hydrogen-bond acceptors (Lipinski definition) is 2. The number of aliphatic carboxylic acids is 1. The summed E-state index contributed by atoms with van der Waals surface area (Å²) in [6.07, 6.45) is 2.22. The number of halogens is 1. The molecule has 1 N–H and O–H groups in total. The van der Waals surface area contributed by atoms with Crippen LogP contribution in [0, 0.1) is 0 Å². The van der Waals surface area contributed by atoms with E-state index in [0.717, 1.165) is 28.1 Å². The van der Waals surface area contributed by atoms with Crippen LogP contribution in [-0.4, -0.2) is 34.5 Å². The van der Waals surface area contributed by atoms with Gasteiger partial charge < -0.3 is 10.0 Å². The zero-order chi connectivity index (χ0) is 15.7. The molecule has 1 amide bonds. The van der Waals surface area contributed by atoms with E-state index in [0.29, 0.717) is 18.5 Å². The molecule has 1 aliphatic heterocycles. The Hall–Kier alpha value is -1.88. The molecule has 4 nitrogen and oxygen atoms in total. The van der Waals surface area contributed by atoms with Crippen molar-refractivity contribution in [1.82, 2.24) is 4.90 Å². The van der Waals surface area contributed by atoms with E-state index >= 15 is 0 Å². The first-order chi connectivity index (χ1) is 10.6. The molecule has 2 aromatic carbocycles. The van der Waals surface area contributed by atoms with E-state index < -0.39 is 12.0 Å². The lowest BCUT2D eigenvalue weighted by atomic mass is 9.98. The van der Waals surface area contributed by atoms with E-state index in [9.17, 15) is 14.7 Å². The Kier molecular flexibility index (Phi) is 4.16. The van der Waals surface area contributed by atoms with Gasteiger partial charge in [-0.05, 0) is 42.2 Å². The third-order valence-electron chi connectivity index (χ3n) is 4.11. The maximum Gasteiger partial charge on any atom is 0.326 e. The van der Waals surface area contributed by atoms with Crippen LogP contribution in [0.5, 0.6) is 0 Å². The fourth-order valence-electron chi connectivity index (χ4n) is 3.04. The normalized spacial score (nSPS) is 18.4. The fraction of sp³-hybridized carbons (Fsp3) is 0.294. The Labute approximate surface area is 136 Å². The first kappa shape index (κ1) is 15.0. The summed E-state index contributed by atoms with van der Waals surface area (Å²) in [6.45, 7) is 0.497. The van der Waals surface area contributed by atoms with Crippen molar-refractivity contribution in [1.29, 1.82) is 0 Å². The maximum atomic E-state index is 12.9. The summed E-state index contributed by atoms with van der Waals surface area (Å²) in [5, 5.41) is 11.2. The number of rotatable bonds is 2. The number of likely N-dealkylation sites (tertiary alicyclic amines) is 1. The predicted molar refractivity (Wildman–Crippen MR) is 88.0 cm³/mol. The number of carbonyl (C=O) groups excluding carboxylic acids is 1. The second-order valence-corrected chi connectivity index (χ2v) is 6.44. The van der Waals surface area contributed by atoms with Crippen molar-refractivity contribution in [3.63, 3.8) is 0 Å². The number of amides is 1. The van der Waals surface area contributed by atoms with Gasteiger partial charge in [-0.25, -0.2) is 4.79 Å². The van der Waals surface area contributed by atoms with Crippen molar-refractivity contribution < 1.29 is 14.7 Å². The molecule has 2 aromatic rings. The first-order valence-corrected chi connectivity index (χ1v) is 8.09. The van der Waals surface area contributed by atoms with Crippen molar-refractivity contribution in [2.45, 2.75) is 25.3 Å². The summed E-state index contributed by atoms with van der Waals surface area (Å²) in [4.78, 5) is 25.9. The molecule has 5 heteroatoms. The van der Waals surface area contributed by atoms with Gasteiger partial charge in [0.05, 0.1) is 0 Å². The van der Waals surface area contributed by atoms with Gasteiger partial charge in [-0.2, -0.15) is 0 Å². The van der Waals surface area contributed by atoms with Crippen LogP contribution in [0.2, 0.25) is 0 Å². The molecule has 1 unspecified atom stereocenters. The summed E-state index contributed by atoms with van der Waals surface area (Å²) < 4.78 is 0.818. The molecule has 1 saturated heterocycles. The Balaban J connectivity index is 2.06. The summed E-state index contributed by atoms with van der Waals surface area (Å²) >= 11 is 3.43. The molecule has 1 heterocycles. The lowest BCUT2D eigenvalue weighted by molar-refractivity contribution is -0.143. The SMILES string of the molecule is O=C(O)C1CCCCN1C(=O)c1cc(Br)cc2ccccc12. The van der Waals surface area contributed by atoms with Gasteiger partial charge >= 0.3 is 5.97 Å². The first-order valence-electron chi connectivity index (χ1n) is 7.30. The van der Waals surface area contributed by atoms with Crippen LogP contribution < -0.4 is 0 Å². The van der Waals surface area contributed by atoms with Gasteiger partial charge in [0, 0.05) is 16.6 Å². The van der Waals surface area contributed by atoms with E-state index in [1.54, 1.807) is 6.07 Å². The minimum absolute atomic E-state index is 0.204. The number of benzene rings is 2. The van der Waals surface area contributed by atoms with Gasteiger partial charge in [0.15, 0.2) is 0 Å². The summed E-state index contributed by atoms with van der Waals surface area (Å²) in [5.74, 6) is -1.13. The molecule has 0 bridgehead atoms. The number of nitrogens with zero attached hydrogens (tertiary/aromatic N) is 1. The smallest absolute Gasteiger partial charge is 0.326 e. The zero-order valence-electron chi connectivity index (χ0n) is 12.0. The second-order valence-electron chi connectivity index (χ2n) is 5.52. The molecule has 0 aliphatic carbocycles. The highest BCUT2D eigenvalue weighted by molar-refractivity contribution is 9.10. The Bertz CT molecular complexity index is 744. The van der Waals surface area contributed by atoms with Crippen molar-refractivity contribution >= 4 is 38.6 Å². The molecule has 1 aliphatic rings. The second kappa shape index (κ2) is 6.08. The molecule has 0 radical (unpaired) electrons. The van der Waals surface area contributed by atoms with E-state index in [-0.39, 0.29) is 5.91 Å². The highest BCUT2D eigenvalue weighted by atomic mass is 79.9. The fourth-order valence-corrected chi connectivity index (χ4v) is 3.51. The van der Waals surface area contributed by atoms with E-state index in [2.05, 4.69) is 15.9 Å². The van der Waals surface area contributed by atoms with Crippen molar-refractivity contribution in [2.75, 3.05) is 6.54 Å². The van der Waals surface area contributed by atoms with E-state index in [1.165, 1.54) is 4.90 Å². The Morgan fingerprint density at radius 3 is 2.73 bits per heavy atom. The highest BCUT2D eigenvalue weighted by Gasteiger charge is 2.33. The third-order valence-corrected chi connectivity index (χ3v) is 4.56. The maximum absolute atomic E-state index is 12.9. The molecule has 3 rings (SSSR count). The topological polar surface area (TPSA) is 57.6 Å². The molecular formula is C17H16BrNO3. The third kappa shape index (κ3) is 2.73. The molecule has 0 spiro atoms. The number of carboxylic acids is 1. The van der Waals surface area contributed by atoms with Gasteiger partial charge in [0.2, 0.25) is 0 Å². The van der Waals surface area contributed by atoms with Crippen molar-refractivity contribution in [2.24, 2.45) is 0 Å². The minimum atomic E-state index is -0.924. The highest BCUT2D eigenvalue weighted by Crippen LogP contribution is 2.27.